The van der Waals surface area contributed by atoms with E-state index in [1.807, 2.05) is 31.2 Å². The Morgan fingerprint density at radius 2 is 1.73 bits per heavy atom. The number of hydrazine groups is 1. The van der Waals surface area contributed by atoms with Crippen LogP contribution < -0.4 is 21.9 Å². The number of hydrogen-bond acceptors (Lipinski definition) is 6. The van der Waals surface area contributed by atoms with Crippen molar-refractivity contribution in [2.45, 2.75) is 6.92 Å². The minimum absolute atomic E-state index is 0.298. The maximum Gasteiger partial charge on any atom is 0.269 e. The van der Waals surface area contributed by atoms with Crippen molar-refractivity contribution in [1.82, 2.24) is 15.4 Å². The molecule has 2 aromatic carbocycles. The molecule has 0 atom stereocenters. The second-order valence-corrected chi connectivity index (χ2v) is 6.43. The van der Waals surface area contributed by atoms with E-state index >= 15 is 0 Å². The highest BCUT2D eigenvalue weighted by atomic mass is 79.9. The van der Waals surface area contributed by atoms with Crippen LogP contribution in [0.2, 0.25) is 0 Å². The molecular formula is C18H17BrN6O. The Balaban J connectivity index is 1.72. The zero-order chi connectivity index (χ0) is 18.5. The number of benzene rings is 2. The number of nitrogens with one attached hydrogen (secondary N) is 3. The van der Waals surface area contributed by atoms with Crippen LogP contribution in [0.5, 0.6) is 0 Å². The van der Waals surface area contributed by atoms with E-state index in [4.69, 9.17) is 5.73 Å². The largest absolute Gasteiger partial charge is 0.393 e. The molecule has 26 heavy (non-hydrogen) atoms. The predicted molar refractivity (Wildman–Crippen MR) is 106 cm³/mol. The van der Waals surface area contributed by atoms with Gasteiger partial charge in [0.05, 0.1) is 0 Å². The van der Waals surface area contributed by atoms with Gasteiger partial charge in [0, 0.05) is 15.7 Å². The average molecular weight is 413 g/mol. The summed E-state index contributed by atoms with van der Waals surface area (Å²) in [6.07, 6.45) is 1.37. The maximum absolute atomic E-state index is 12.2. The van der Waals surface area contributed by atoms with E-state index in [2.05, 4.69) is 42.1 Å². The third-order valence-electron chi connectivity index (χ3n) is 3.68. The molecule has 3 aromatic rings. The zero-order valence-corrected chi connectivity index (χ0v) is 15.5. The van der Waals surface area contributed by atoms with Crippen LogP contribution in [0.15, 0.2) is 59.3 Å². The predicted octanol–water partition coefficient (Wildman–Crippen LogP) is 3.63. The van der Waals surface area contributed by atoms with Gasteiger partial charge in [0.25, 0.3) is 5.91 Å². The maximum atomic E-state index is 12.2. The second kappa shape index (κ2) is 7.83. The fourth-order valence-electron chi connectivity index (χ4n) is 2.22. The quantitative estimate of drug-likeness (QED) is 0.476. The Morgan fingerprint density at radius 3 is 2.46 bits per heavy atom. The molecule has 0 aliphatic carbocycles. The first-order chi connectivity index (χ1) is 12.5. The van der Waals surface area contributed by atoms with E-state index in [1.54, 1.807) is 24.3 Å². The molecule has 1 aromatic heterocycles. The summed E-state index contributed by atoms with van der Waals surface area (Å²) in [6, 6.07) is 14.8. The van der Waals surface area contributed by atoms with Crippen molar-refractivity contribution in [3.8, 4) is 0 Å². The summed E-state index contributed by atoms with van der Waals surface area (Å²) in [5, 5.41) is 3.17. The summed E-state index contributed by atoms with van der Waals surface area (Å²) in [5.74, 6) is 0.458. The van der Waals surface area contributed by atoms with Gasteiger partial charge in [-0.1, -0.05) is 34.1 Å². The normalized spacial score (nSPS) is 10.2. The number of rotatable bonds is 5. The zero-order valence-electron chi connectivity index (χ0n) is 14.0. The fraction of sp³-hybridized carbons (Fsp3) is 0.0556. The molecule has 8 heteroatoms. The molecule has 0 aliphatic heterocycles. The average Bonchev–Trinajstić information content (AvgIpc) is 2.64. The summed E-state index contributed by atoms with van der Waals surface area (Å²) in [7, 11) is 0. The van der Waals surface area contributed by atoms with Gasteiger partial charge in [-0.3, -0.25) is 15.6 Å². The number of nitrogens with two attached hydrogens (primary N) is 1. The standard InChI is InChI=1S/C18H17BrN6O/c1-11-4-2-3-5-14(11)23-16-15(20)17(22-10-21-16)24-25-18(26)12-6-8-13(19)9-7-12/h2-10H,20H2,1H3,(H,25,26)(H2,21,22,23,24). The van der Waals surface area contributed by atoms with Crippen LogP contribution in [0.3, 0.4) is 0 Å². The number of nitrogens with zero attached hydrogens (tertiary/aromatic N) is 2. The Hall–Kier alpha value is -3.13. The minimum Gasteiger partial charge on any atom is -0.393 e. The molecular weight excluding hydrogens is 396 g/mol. The lowest BCUT2D eigenvalue weighted by Crippen LogP contribution is -2.30. The first-order valence-corrected chi connectivity index (χ1v) is 8.59. The molecule has 0 fully saturated rings. The van der Waals surface area contributed by atoms with Crippen LogP contribution in [-0.4, -0.2) is 15.9 Å². The highest BCUT2D eigenvalue weighted by molar-refractivity contribution is 9.10. The number of carbonyl (C=O) groups excluding carboxylic acids is 1. The first kappa shape index (κ1) is 17.7. The second-order valence-electron chi connectivity index (χ2n) is 5.51. The van der Waals surface area contributed by atoms with Crippen LogP contribution >= 0.6 is 15.9 Å². The number of para-hydroxylation sites is 1. The Kier molecular flexibility index (Phi) is 5.33. The summed E-state index contributed by atoms with van der Waals surface area (Å²) >= 11 is 3.33. The molecule has 132 valence electrons. The monoisotopic (exact) mass is 412 g/mol. The fourth-order valence-corrected chi connectivity index (χ4v) is 2.49. The molecule has 0 unspecified atom stereocenters. The number of hydrogen-bond donors (Lipinski definition) is 4. The number of carbonyl (C=O) groups is 1. The van der Waals surface area contributed by atoms with Gasteiger partial charge in [0.1, 0.15) is 12.0 Å². The third kappa shape index (κ3) is 4.09. The molecule has 0 saturated heterocycles. The molecule has 1 heterocycles. The van der Waals surface area contributed by atoms with Gasteiger partial charge in [0.2, 0.25) is 0 Å². The Morgan fingerprint density at radius 1 is 1.04 bits per heavy atom. The van der Waals surface area contributed by atoms with Gasteiger partial charge in [-0.15, -0.1) is 0 Å². The summed E-state index contributed by atoms with van der Waals surface area (Å²) in [4.78, 5) is 20.4. The number of aromatic nitrogens is 2. The van der Waals surface area contributed by atoms with Crippen molar-refractivity contribution < 1.29 is 4.79 Å². The molecule has 0 saturated carbocycles. The molecule has 3 rings (SSSR count). The van der Waals surface area contributed by atoms with Gasteiger partial charge in [0.15, 0.2) is 11.6 Å². The van der Waals surface area contributed by atoms with Crippen LogP contribution in [0.4, 0.5) is 23.0 Å². The molecule has 0 spiro atoms. The van der Waals surface area contributed by atoms with E-state index < -0.39 is 0 Å². The van der Waals surface area contributed by atoms with Crippen molar-refractivity contribution in [3.05, 3.63) is 70.5 Å². The topological polar surface area (TPSA) is 105 Å². The number of halogens is 1. The highest BCUT2D eigenvalue weighted by Gasteiger charge is 2.11. The SMILES string of the molecule is Cc1ccccc1Nc1ncnc(NNC(=O)c2ccc(Br)cc2)c1N. The minimum atomic E-state index is -0.302. The van der Waals surface area contributed by atoms with Crippen LogP contribution in [0.1, 0.15) is 15.9 Å². The van der Waals surface area contributed by atoms with E-state index in [9.17, 15) is 4.79 Å². The highest BCUT2D eigenvalue weighted by Crippen LogP contribution is 2.26. The molecule has 0 bridgehead atoms. The number of nitrogen functional groups attached to an aromatic ring is 1. The smallest absolute Gasteiger partial charge is 0.269 e. The van der Waals surface area contributed by atoms with E-state index in [1.165, 1.54) is 6.33 Å². The van der Waals surface area contributed by atoms with Gasteiger partial charge >= 0.3 is 0 Å². The number of aryl methyl sites for hydroxylation is 1. The number of anilines is 4. The van der Waals surface area contributed by atoms with E-state index in [0.717, 1.165) is 15.7 Å². The Labute approximate surface area is 159 Å². The number of amides is 1. The lowest BCUT2D eigenvalue weighted by Gasteiger charge is -2.14. The summed E-state index contributed by atoms with van der Waals surface area (Å²) < 4.78 is 0.897. The molecule has 0 radical (unpaired) electrons. The van der Waals surface area contributed by atoms with E-state index in [0.29, 0.717) is 22.9 Å². The van der Waals surface area contributed by atoms with Crippen LogP contribution in [0, 0.1) is 6.92 Å². The molecule has 1 amide bonds. The van der Waals surface area contributed by atoms with Crippen molar-refractivity contribution in [2.75, 3.05) is 16.5 Å². The van der Waals surface area contributed by atoms with Gasteiger partial charge < -0.3 is 11.1 Å². The lowest BCUT2D eigenvalue weighted by atomic mass is 10.2. The van der Waals surface area contributed by atoms with E-state index in [-0.39, 0.29) is 5.91 Å². The summed E-state index contributed by atoms with van der Waals surface area (Å²) in [6.45, 7) is 1.98. The van der Waals surface area contributed by atoms with Crippen molar-refractivity contribution in [3.63, 3.8) is 0 Å². The van der Waals surface area contributed by atoms with Crippen molar-refractivity contribution >= 4 is 44.8 Å². The summed E-state index contributed by atoms with van der Waals surface area (Å²) in [5.41, 5.74) is 14.2. The molecule has 0 aliphatic rings. The Bertz CT molecular complexity index is 929. The molecule has 5 N–H and O–H groups in total. The first-order valence-electron chi connectivity index (χ1n) is 7.79. The van der Waals surface area contributed by atoms with Crippen LogP contribution in [-0.2, 0) is 0 Å². The van der Waals surface area contributed by atoms with Gasteiger partial charge in [-0.25, -0.2) is 9.97 Å². The van der Waals surface area contributed by atoms with Gasteiger partial charge in [-0.2, -0.15) is 0 Å². The lowest BCUT2D eigenvalue weighted by molar-refractivity contribution is 0.0962. The van der Waals surface area contributed by atoms with Crippen LogP contribution in [0.25, 0.3) is 0 Å². The van der Waals surface area contributed by atoms with Crippen molar-refractivity contribution in [2.24, 2.45) is 0 Å². The van der Waals surface area contributed by atoms with Crippen molar-refractivity contribution in [1.29, 1.82) is 0 Å². The third-order valence-corrected chi connectivity index (χ3v) is 4.21. The van der Waals surface area contributed by atoms with Gasteiger partial charge in [-0.05, 0) is 42.8 Å². The molecule has 7 nitrogen and oxygen atoms in total.